The van der Waals surface area contributed by atoms with Crippen LogP contribution in [0.4, 0.5) is 14.9 Å². The van der Waals surface area contributed by atoms with E-state index in [2.05, 4.69) is 5.32 Å². The van der Waals surface area contributed by atoms with E-state index in [1.165, 1.54) is 11.0 Å². The predicted molar refractivity (Wildman–Crippen MR) is 72.1 cm³/mol. The molecule has 108 valence electrons. The maximum Gasteiger partial charge on any atom is 0.321 e. The summed E-state index contributed by atoms with van der Waals surface area (Å²) in [6, 6.07) is 4.17. The van der Waals surface area contributed by atoms with Crippen LogP contribution in [0.2, 0.25) is 0 Å². The fourth-order valence-corrected chi connectivity index (χ4v) is 2.26. The summed E-state index contributed by atoms with van der Waals surface area (Å²) >= 11 is 0. The van der Waals surface area contributed by atoms with Crippen molar-refractivity contribution in [2.75, 3.05) is 18.4 Å². The van der Waals surface area contributed by atoms with Crippen LogP contribution in [0.15, 0.2) is 18.2 Å². The molecule has 1 saturated heterocycles. The van der Waals surface area contributed by atoms with Gasteiger partial charge in [0, 0.05) is 18.8 Å². The quantitative estimate of drug-likeness (QED) is 0.892. The summed E-state index contributed by atoms with van der Waals surface area (Å²) in [5, 5.41) is 11.5. The predicted octanol–water partition coefficient (Wildman–Crippen LogP) is 2.33. The number of likely N-dealkylation sites (tertiary alicyclic amines) is 1. The monoisotopic (exact) mass is 280 g/mol. The van der Waals surface area contributed by atoms with E-state index in [1.54, 1.807) is 12.1 Å². The second kappa shape index (κ2) is 5.90. The van der Waals surface area contributed by atoms with Gasteiger partial charge in [-0.05, 0) is 30.5 Å². The summed E-state index contributed by atoms with van der Waals surface area (Å²) in [6.45, 7) is 2.45. The average molecular weight is 280 g/mol. The SMILES string of the molecule is CCc1ccc(NC(=O)N2CCC(C(=O)O)C2)cc1F. The van der Waals surface area contributed by atoms with Gasteiger partial charge in [-0.25, -0.2) is 9.18 Å². The Morgan fingerprint density at radius 1 is 1.50 bits per heavy atom. The summed E-state index contributed by atoms with van der Waals surface area (Å²) in [6.07, 6.45) is 1.04. The molecule has 2 amide bonds. The summed E-state index contributed by atoms with van der Waals surface area (Å²) < 4.78 is 13.6. The molecule has 2 N–H and O–H groups in total. The number of carbonyl (C=O) groups is 2. The third-order valence-electron chi connectivity index (χ3n) is 3.51. The van der Waals surface area contributed by atoms with Crippen LogP contribution in [0.1, 0.15) is 18.9 Å². The van der Waals surface area contributed by atoms with E-state index in [0.717, 1.165) is 0 Å². The van der Waals surface area contributed by atoms with Crippen molar-refractivity contribution in [3.8, 4) is 0 Å². The Bertz CT molecular complexity index is 533. The summed E-state index contributed by atoms with van der Waals surface area (Å²) in [5.74, 6) is -1.76. The first kappa shape index (κ1) is 14.3. The van der Waals surface area contributed by atoms with Crippen LogP contribution in [-0.2, 0) is 11.2 Å². The van der Waals surface area contributed by atoms with Crippen LogP contribution in [0, 0.1) is 11.7 Å². The number of aryl methyl sites for hydroxylation is 1. The Morgan fingerprint density at radius 3 is 2.80 bits per heavy atom. The normalized spacial score (nSPS) is 18.1. The Labute approximate surface area is 116 Å². The maximum atomic E-state index is 13.6. The van der Waals surface area contributed by atoms with Gasteiger partial charge >= 0.3 is 12.0 Å². The van der Waals surface area contributed by atoms with E-state index < -0.39 is 17.9 Å². The van der Waals surface area contributed by atoms with Gasteiger partial charge in [-0.15, -0.1) is 0 Å². The Hall–Kier alpha value is -2.11. The topological polar surface area (TPSA) is 69.6 Å². The van der Waals surface area contributed by atoms with Crippen LogP contribution in [0.3, 0.4) is 0 Å². The molecule has 1 aliphatic heterocycles. The summed E-state index contributed by atoms with van der Waals surface area (Å²) in [5.41, 5.74) is 0.971. The van der Waals surface area contributed by atoms with Crippen LogP contribution in [0.5, 0.6) is 0 Å². The van der Waals surface area contributed by atoms with Crippen LogP contribution in [0.25, 0.3) is 0 Å². The van der Waals surface area contributed by atoms with Crippen molar-refractivity contribution in [3.63, 3.8) is 0 Å². The van der Waals surface area contributed by atoms with Crippen LogP contribution in [-0.4, -0.2) is 35.1 Å². The first-order chi connectivity index (χ1) is 9.51. The second-order valence-electron chi connectivity index (χ2n) is 4.86. The van der Waals surface area contributed by atoms with E-state index in [9.17, 15) is 14.0 Å². The third-order valence-corrected chi connectivity index (χ3v) is 3.51. The Kier molecular flexibility index (Phi) is 4.22. The molecule has 0 aliphatic carbocycles. The minimum absolute atomic E-state index is 0.191. The first-order valence-electron chi connectivity index (χ1n) is 6.58. The molecule has 0 bridgehead atoms. The number of nitrogens with zero attached hydrogens (tertiary/aromatic N) is 1. The third kappa shape index (κ3) is 3.07. The molecule has 0 aromatic heterocycles. The molecule has 6 heteroatoms. The largest absolute Gasteiger partial charge is 0.481 e. The molecule has 0 saturated carbocycles. The van der Waals surface area contributed by atoms with Crippen molar-refractivity contribution in [2.45, 2.75) is 19.8 Å². The molecule has 2 rings (SSSR count). The minimum atomic E-state index is -0.890. The fraction of sp³-hybridized carbons (Fsp3) is 0.429. The molecule has 1 aromatic rings. The molecular formula is C14H17FN2O3. The zero-order valence-electron chi connectivity index (χ0n) is 11.2. The van der Waals surface area contributed by atoms with Crippen LogP contribution < -0.4 is 5.32 Å². The van der Waals surface area contributed by atoms with Crippen molar-refractivity contribution in [3.05, 3.63) is 29.6 Å². The first-order valence-corrected chi connectivity index (χ1v) is 6.58. The molecule has 1 unspecified atom stereocenters. The number of carboxylic acid groups (broad SMARTS) is 1. The van der Waals surface area contributed by atoms with Gasteiger partial charge < -0.3 is 15.3 Å². The molecule has 20 heavy (non-hydrogen) atoms. The number of nitrogens with one attached hydrogen (secondary N) is 1. The summed E-state index contributed by atoms with van der Waals surface area (Å²) in [7, 11) is 0. The number of rotatable bonds is 3. The minimum Gasteiger partial charge on any atom is -0.481 e. The lowest BCUT2D eigenvalue weighted by Crippen LogP contribution is -2.33. The highest BCUT2D eigenvalue weighted by Gasteiger charge is 2.30. The van der Waals surface area contributed by atoms with Crippen molar-refractivity contribution < 1.29 is 19.1 Å². The summed E-state index contributed by atoms with van der Waals surface area (Å²) in [4.78, 5) is 24.2. The molecule has 1 heterocycles. The molecular weight excluding hydrogens is 263 g/mol. The fourth-order valence-electron chi connectivity index (χ4n) is 2.26. The molecule has 0 radical (unpaired) electrons. The lowest BCUT2D eigenvalue weighted by atomic mass is 10.1. The molecule has 1 atom stereocenters. The number of anilines is 1. The standard InChI is InChI=1S/C14H17FN2O3/c1-2-9-3-4-11(7-12(9)15)16-14(20)17-6-5-10(8-17)13(18)19/h3-4,7,10H,2,5-6,8H2,1H3,(H,16,20)(H,18,19). The lowest BCUT2D eigenvalue weighted by molar-refractivity contribution is -0.141. The highest BCUT2D eigenvalue weighted by molar-refractivity contribution is 5.90. The number of carboxylic acids is 1. The molecule has 5 nitrogen and oxygen atoms in total. The number of amides is 2. The molecule has 1 aromatic carbocycles. The van der Waals surface area contributed by atoms with Gasteiger partial charge in [0.15, 0.2) is 0 Å². The maximum absolute atomic E-state index is 13.6. The smallest absolute Gasteiger partial charge is 0.321 e. The number of hydrogen-bond donors (Lipinski definition) is 2. The van der Waals surface area contributed by atoms with Gasteiger partial charge in [0.05, 0.1) is 5.92 Å². The van der Waals surface area contributed by atoms with Crippen molar-refractivity contribution in [1.29, 1.82) is 0 Å². The van der Waals surface area contributed by atoms with Crippen molar-refractivity contribution in [1.82, 2.24) is 4.90 Å². The molecule has 1 fully saturated rings. The number of hydrogen-bond acceptors (Lipinski definition) is 2. The Morgan fingerprint density at radius 2 is 2.25 bits per heavy atom. The van der Waals surface area contributed by atoms with Gasteiger partial charge in [-0.1, -0.05) is 13.0 Å². The zero-order valence-corrected chi connectivity index (χ0v) is 11.2. The Balaban J connectivity index is 1.98. The number of aliphatic carboxylic acids is 1. The number of halogens is 1. The lowest BCUT2D eigenvalue weighted by Gasteiger charge is -2.17. The molecule has 1 aliphatic rings. The second-order valence-corrected chi connectivity index (χ2v) is 4.86. The van der Waals surface area contributed by atoms with E-state index in [-0.39, 0.29) is 12.4 Å². The number of carbonyl (C=O) groups excluding carboxylic acids is 1. The van der Waals surface area contributed by atoms with Gasteiger partial charge in [0.2, 0.25) is 0 Å². The zero-order chi connectivity index (χ0) is 14.7. The van der Waals surface area contributed by atoms with Gasteiger partial charge in [0.1, 0.15) is 5.82 Å². The van der Waals surface area contributed by atoms with E-state index >= 15 is 0 Å². The highest BCUT2D eigenvalue weighted by atomic mass is 19.1. The van der Waals surface area contributed by atoms with Crippen molar-refractivity contribution in [2.24, 2.45) is 5.92 Å². The number of benzene rings is 1. The number of urea groups is 1. The van der Waals surface area contributed by atoms with E-state index in [1.807, 2.05) is 6.92 Å². The van der Waals surface area contributed by atoms with Gasteiger partial charge in [-0.3, -0.25) is 4.79 Å². The van der Waals surface area contributed by atoms with Gasteiger partial charge in [0.25, 0.3) is 0 Å². The van der Waals surface area contributed by atoms with Crippen LogP contribution >= 0.6 is 0 Å². The van der Waals surface area contributed by atoms with Crippen molar-refractivity contribution >= 4 is 17.7 Å². The highest BCUT2D eigenvalue weighted by Crippen LogP contribution is 2.19. The molecule has 0 spiro atoms. The van der Waals surface area contributed by atoms with Gasteiger partial charge in [-0.2, -0.15) is 0 Å². The average Bonchev–Trinajstić information content (AvgIpc) is 2.88. The van der Waals surface area contributed by atoms with E-state index in [4.69, 9.17) is 5.11 Å². The van der Waals surface area contributed by atoms with E-state index in [0.29, 0.717) is 30.6 Å².